The van der Waals surface area contributed by atoms with Crippen molar-refractivity contribution >= 4 is 15.6 Å². The van der Waals surface area contributed by atoms with Gasteiger partial charge in [0, 0.05) is 17.7 Å². The molecule has 1 aromatic carbocycles. The fourth-order valence-electron chi connectivity index (χ4n) is 3.10. The van der Waals surface area contributed by atoms with Crippen LogP contribution in [0.15, 0.2) is 30.3 Å². The lowest BCUT2D eigenvalue weighted by atomic mass is 9.77. The van der Waals surface area contributed by atoms with E-state index in [1.54, 1.807) is 0 Å². The number of sulfone groups is 1. The van der Waals surface area contributed by atoms with Crippen LogP contribution < -0.4 is 0 Å². The maximum absolute atomic E-state index is 12.5. The smallest absolute Gasteiger partial charge is 0.165 e. The van der Waals surface area contributed by atoms with Crippen LogP contribution in [0.4, 0.5) is 0 Å². The van der Waals surface area contributed by atoms with Crippen LogP contribution in [-0.2, 0) is 9.84 Å². The van der Waals surface area contributed by atoms with E-state index in [0.717, 1.165) is 24.8 Å². The summed E-state index contributed by atoms with van der Waals surface area (Å²) >= 11 is 0. The predicted octanol–water partition coefficient (Wildman–Crippen LogP) is 3.11. The average Bonchev–Trinajstić information content (AvgIpc) is 2.46. The number of hydrogen-bond acceptors (Lipinski definition) is 3. The fraction of sp³-hybridized carbons (Fsp3) is 0.562. The van der Waals surface area contributed by atoms with Gasteiger partial charge in [-0.3, -0.25) is 4.79 Å². The van der Waals surface area contributed by atoms with Gasteiger partial charge in [-0.2, -0.15) is 0 Å². The molecule has 1 aliphatic carbocycles. The molecule has 0 radical (unpaired) electrons. The Morgan fingerprint density at radius 3 is 2.45 bits per heavy atom. The zero-order valence-corrected chi connectivity index (χ0v) is 12.9. The molecule has 110 valence electrons. The quantitative estimate of drug-likeness (QED) is 0.802. The molecule has 2 rings (SSSR count). The zero-order valence-electron chi connectivity index (χ0n) is 12.1. The van der Waals surface area contributed by atoms with Crippen LogP contribution in [0, 0.1) is 11.8 Å². The van der Waals surface area contributed by atoms with E-state index in [4.69, 9.17) is 0 Å². The van der Waals surface area contributed by atoms with Crippen LogP contribution in [0.3, 0.4) is 0 Å². The third-order valence-electron chi connectivity index (χ3n) is 4.45. The van der Waals surface area contributed by atoms with Crippen LogP contribution in [0.25, 0.3) is 0 Å². The molecule has 1 fully saturated rings. The average molecular weight is 294 g/mol. The molecule has 3 nitrogen and oxygen atoms in total. The number of carbonyl (C=O) groups excluding carboxylic acids is 1. The minimum atomic E-state index is -2.99. The molecular formula is C16H22O3S. The number of ketones is 1. The Labute approximate surface area is 121 Å². The van der Waals surface area contributed by atoms with Crippen LogP contribution in [0.1, 0.15) is 43.0 Å². The summed E-state index contributed by atoms with van der Waals surface area (Å²) in [6.07, 6.45) is 4.52. The molecule has 1 aromatic rings. The number of hydrogen-bond donors (Lipinski definition) is 0. The van der Waals surface area contributed by atoms with Gasteiger partial charge in [0.05, 0.1) is 5.25 Å². The summed E-state index contributed by atoms with van der Waals surface area (Å²) in [6.45, 7) is 1.94. The molecule has 0 saturated heterocycles. The predicted molar refractivity (Wildman–Crippen MR) is 80.5 cm³/mol. The Bertz CT molecular complexity index is 563. The first-order valence-corrected chi connectivity index (χ1v) is 9.13. The summed E-state index contributed by atoms with van der Waals surface area (Å²) < 4.78 is 23.4. The van der Waals surface area contributed by atoms with Crippen molar-refractivity contribution in [3.8, 4) is 0 Å². The molecule has 3 atom stereocenters. The number of rotatable bonds is 4. The van der Waals surface area contributed by atoms with Crippen molar-refractivity contribution < 1.29 is 13.2 Å². The van der Waals surface area contributed by atoms with Gasteiger partial charge in [0.25, 0.3) is 0 Å². The molecule has 20 heavy (non-hydrogen) atoms. The molecule has 0 spiro atoms. The molecule has 1 aliphatic rings. The van der Waals surface area contributed by atoms with E-state index < -0.39 is 9.84 Å². The summed E-state index contributed by atoms with van der Waals surface area (Å²) in [5, 5.41) is -0.271. The van der Waals surface area contributed by atoms with Gasteiger partial charge < -0.3 is 0 Å². The maximum atomic E-state index is 12.5. The topological polar surface area (TPSA) is 51.2 Å². The molecule has 0 aliphatic heterocycles. The van der Waals surface area contributed by atoms with Gasteiger partial charge in [-0.1, -0.05) is 43.7 Å². The first-order valence-electron chi connectivity index (χ1n) is 7.17. The lowest BCUT2D eigenvalue weighted by Gasteiger charge is -2.31. The third-order valence-corrected chi connectivity index (χ3v) is 6.09. The molecule has 0 heterocycles. The van der Waals surface area contributed by atoms with E-state index in [-0.39, 0.29) is 22.9 Å². The Morgan fingerprint density at radius 2 is 1.85 bits per heavy atom. The molecular weight excluding hydrogens is 272 g/mol. The van der Waals surface area contributed by atoms with Gasteiger partial charge in [-0.25, -0.2) is 8.42 Å². The van der Waals surface area contributed by atoms with Gasteiger partial charge in [-0.05, 0) is 25.2 Å². The van der Waals surface area contributed by atoms with Crippen molar-refractivity contribution in [3.05, 3.63) is 35.9 Å². The molecule has 0 aromatic heterocycles. The largest absolute Gasteiger partial charge is 0.294 e. The highest BCUT2D eigenvalue weighted by Gasteiger charge is 2.34. The number of carbonyl (C=O) groups is 1. The second-order valence-corrected chi connectivity index (χ2v) is 8.22. The van der Waals surface area contributed by atoms with Crippen molar-refractivity contribution in [2.45, 2.75) is 37.9 Å². The highest BCUT2D eigenvalue weighted by Crippen LogP contribution is 2.34. The summed E-state index contributed by atoms with van der Waals surface area (Å²) in [5.74, 6) is 0.197. The lowest BCUT2D eigenvalue weighted by Crippen LogP contribution is -2.32. The highest BCUT2D eigenvalue weighted by atomic mass is 32.2. The van der Waals surface area contributed by atoms with Crippen molar-refractivity contribution in [1.82, 2.24) is 0 Å². The molecule has 0 bridgehead atoms. The van der Waals surface area contributed by atoms with Gasteiger partial charge in [0.1, 0.15) is 9.84 Å². The molecule has 1 saturated carbocycles. The van der Waals surface area contributed by atoms with Gasteiger partial charge in [-0.15, -0.1) is 0 Å². The van der Waals surface area contributed by atoms with E-state index in [0.29, 0.717) is 6.42 Å². The normalized spacial score (nSPS) is 25.1. The second-order valence-electron chi connectivity index (χ2n) is 5.90. The van der Waals surface area contributed by atoms with Crippen molar-refractivity contribution in [1.29, 1.82) is 0 Å². The Balaban J connectivity index is 2.09. The minimum absolute atomic E-state index is 0.109. The highest BCUT2D eigenvalue weighted by molar-refractivity contribution is 7.91. The second kappa shape index (κ2) is 6.08. The fourth-order valence-corrected chi connectivity index (χ4v) is 4.30. The Hall–Kier alpha value is -1.16. The maximum Gasteiger partial charge on any atom is 0.165 e. The monoisotopic (exact) mass is 294 g/mol. The van der Waals surface area contributed by atoms with Crippen LogP contribution >= 0.6 is 0 Å². The lowest BCUT2D eigenvalue weighted by molar-refractivity contribution is 0.0864. The summed E-state index contributed by atoms with van der Waals surface area (Å²) in [5.41, 5.74) is 0.724. The van der Waals surface area contributed by atoms with Crippen molar-refractivity contribution in [2.75, 3.05) is 6.26 Å². The van der Waals surface area contributed by atoms with Crippen LogP contribution in [0.2, 0.25) is 0 Å². The van der Waals surface area contributed by atoms with E-state index in [1.165, 1.54) is 6.26 Å². The van der Waals surface area contributed by atoms with Crippen LogP contribution in [-0.4, -0.2) is 25.7 Å². The van der Waals surface area contributed by atoms with Crippen molar-refractivity contribution in [3.63, 3.8) is 0 Å². The third kappa shape index (κ3) is 3.48. The van der Waals surface area contributed by atoms with Crippen LogP contribution in [0.5, 0.6) is 0 Å². The van der Waals surface area contributed by atoms with Gasteiger partial charge in [0.15, 0.2) is 5.78 Å². The first-order chi connectivity index (χ1) is 9.39. The molecule has 0 amide bonds. The van der Waals surface area contributed by atoms with Gasteiger partial charge in [0.2, 0.25) is 0 Å². The number of benzene rings is 1. The van der Waals surface area contributed by atoms with Gasteiger partial charge >= 0.3 is 0 Å². The first kappa shape index (κ1) is 15.2. The van der Waals surface area contributed by atoms with Crippen molar-refractivity contribution in [2.24, 2.45) is 11.8 Å². The molecule has 3 unspecified atom stereocenters. The molecule has 0 N–H and O–H groups in total. The Kier molecular flexibility index (Phi) is 4.63. The summed E-state index contributed by atoms with van der Waals surface area (Å²) in [6, 6.07) is 9.27. The zero-order chi connectivity index (χ0) is 14.8. The minimum Gasteiger partial charge on any atom is -0.294 e. The number of Topliss-reactive ketones (excluding diaryl/α,β-unsaturated/α-hetero) is 1. The summed E-state index contributed by atoms with van der Waals surface area (Å²) in [7, 11) is -2.99. The van der Waals surface area contributed by atoms with E-state index in [2.05, 4.69) is 0 Å². The summed E-state index contributed by atoms with van der Waals surface area (Å²) in [4.78, 5) is 12.5. The Morgan fingerprint density at radius 1 is 1.20 bits per heavy atom. The SMILES string of the molecule is CC(C(=O)c1ccccc1)C1CCCC(S(C)(=O)=O)C1. The van der Waals surface area contributed by atoms with E-state index >= 15 is 0 Å². The standard InChI is InChI=1S/C16H22O3S/c1-12(16(17)13-7-4-3-5-8-13)14-9-6-10-15(11-14)20(2,18)19/h3-5,7-8,12,14-15H,6,9-11H2,1-2H3. The molecule has 4 heteroatoms. The van der Waals surface area contributed by atoms with E-state index in [9.17, 15) is 13.2 Å². The van der Waals surface area contributed by atoms with E-state index in [1.807, 2.05) is 37.3 Å².